The van der Waals surface area contributed by atoms with Crippen molar-refractivity contribution in [2.75, 3.05) is 13.1 Å². The van der Waals surface area contributed by atoms with Crippen molar-refractivity contribution in [1.82, 2.24) is 20.1 Å². The van der Waals surface area contributed by atoms with Gasteiger partial charge in [0.1, 0.15) is 11.9 Å². The normalized spacial score (nSPS) is 20.5. The first-order valence-corrected chi connectivity index (χ1v) is 8.36. The zero-order chi connectivity index (χ0) is 17.0. The van der Waals surface area contributed by atoms with E-state index in [-0.39, 0.29) is 10.4 Å². The number of carbonyl (C=O) groups excluding carboxylic acids is 2. The van der Waals surface area contributed by atoms with Gasteiger partial charge in [0.15, 0.2) is 10.9 Å². The minimum Gasteiger partial charge on any atom is -0.442 e. The molecule has 0 aromatic carbocycles. The molecule has 0 aliphatic carbocycles. The first kappa shape index (κ1) is 17.7. The minimum atomic E-state index is -0.585. The van der Waals surface area contributed by atoms with Crippen LogP contribution in [0, 0.1) is 0 Å². The average molecular weight is 338 g/mol. The molecule has 0 bridgehead atoms. The van der Waals surface area contributed by atoms with Gasteiger partial charge in [-0.25, -0.2) is 9.78 Å². The average Bonchev–Trinajstić information content (AvgIpc) is 2.87. The SMILES string of the molecule is CC(=O)SC1CCNCC1=Cc1ncn(C(=O)OC(C)(C)C)n1. The molecule has 1 aliphatic heterocycles. The lowest BCUT2D eigenvalue weighted by atomic mass is 10.1. The van der Waals surface area contributed by atoms with Gasteiger partial charge in [-0.3, -0.25) is 4.79 Å². The van der Waals surface area contributed by atoms with Crippen LogP contribution in [-0.2, 0) is 9.53 Å². The maximum atomic E-state index is 11.9. The Hall–Kier alpha value is -1.67. The van der Waals surface area contributed by atoms with Crippen molar-refractivity contribution in [3.8, 4) is 0 Å². The summed E-state index contributed by atoms with van der Waals surface area (Å²) in [6.45, 7) is 8.51. The Morgan fingerprint density at radius 2 is 2.22 bits per heavy atom. The minimum absolute atomic E-state index is 0.0926. The highest BCUT2D eigenvalue weighted by molar-refractivity contribution is 8.14. The fourth-order valence-electron chi connectivity index (χ4n) is 2.15. The second-order valence-corrected chi connectivity index (χ2v) is 7.69. The molecule has 1 N–H and O–H groups in total. The van der Waals surface area contributed by atoms with Gasteiger partial charge in [0.25, 0.3) is 0 Å². The molecule has 1 fully saturated rings. The van der Waals surface area contributed by atoms with Crippen molar-refractivity contribution in [2.24, 2.45) is 0 Å². The zero-order valence-corrected chi connectivity index (χ0v) is 14.6. The number of rotatable bonds is 2. The lowest BCUT2D eigenvalue weighted by Gasteiger charge is -2.24. The van der Waals surface area contributed by atoms with Gasteiger partial charge in [0.05, 0.1) is 0 Å². The van der Waals surface area contributed by atoms with Crippen LogP contribution in [-0.4, -0.2) is 49.9 Å². The number of nitrogens with zero attached hydrogens (tertiary/aromatic N) is 3. The summed E-state index contributed by atoms with van der Waals surface area (Å²) in [5.74, 6) is 0.434. The van der Waals surface area contributed by atoms with E-state index in [1.807, 2.05) is 6.08 Å². The molecule has 8 heteroatoms. The molecule has 1 atom stereocenters. The van der Waals surface area contributed by atoms with E-state index in [1.165, 1.54) is 18.1 Å². The van der Waals surface area contributed by atoms with Crippen LogP contribution >= 0.6 is 11.8 Å². The van der Waals surface area contributed by atoms with Crippen molar-refractivity contribution in [1.29, 1.82) is 0 Å². The Balaban J connectivity index is 2.12. The third-order valence-electron chi connectivity index (χ3n) is 3.04. The standard InChI is InChI=1S/C15H22N4O3S/c1-10(20)23-12-5-6-16-8-11(12)7-13-17-9-19(18-13)14(21)22-15(2,3)4/h7,9,12,16H,5-6,8H2,1-4H3. The van der Waals surface area contributed by atoms with E-state index in [1.54, 1.807) is 27.7 Å². The van der Waals surface area contributed by atoms with Gasteiger partial charge < -0.3 is 10.1 Å². The van der Waals surface area contributed by atoms with E-state index in [2.05, 4.69) is 15.4 Å². The molecule has 2 rings (SSSR count). The van der Waals surface area contributed by atoms with Gasteiger partial charge in [0.2, 0.25) is 0 Å². The van der Waals surface area contributed by atoms with Crippen molar-refractivity contribution in [3.63, 3.8) is 0 Å². The summed E-state index contributed by atoms with van der Waals surface area (Å²) in [6.07, 6.45) is 3.48. The summed E-state index contributed by atoms with van der Waals surface area (Å²) in [7, 11) is 0. The van der Waals surface area contributed by atoms with E-state index in [4.69, 9.17) is 4.74 Å². The van der Waals surface area contributed by atoms with Crippen LogP contribution in [0.1, 0.15) is 39.9 Å². The van der Waals surface area contributed by atoms with Crippen molar-refractivity contribution in [2.45, 2.75) is 45.0 Å². The van der Waals surface area contributed by atoms with E-state index in [0.717, 1.165) is 23.2 Å². The third kappa shape index (κ3) is 5.47. The van der Waals surface area contributed by atoms with Crippen LogP contribution in [0.2, 0.25) is 0 Å². The number of ether oxygens (including phenoxy) is 1. The summed E-state index contributed by atoms with van der Waals surface area (Å²) in [6, 6.07) is 0. The summed E-state index contributed by atoms with van der Waals surface area (Å²) < 4.78 is 6.32. The smallest absolute Gasteiger partial charge is 0.436 e. The monoisotopic (exact) mass is 338 g/mol. The van der Waals surface area contributed by atoms with Crippen LogP contribution in [0.25, 0.3) is 6.08 Å². The van der Waals surface area contributed by atoms with Crippen molar-refractivity contribution < 1.29 is 14.3 Å². The van der Waals surface area contributed by atoms with Crippen molar-refractivity contribution in [3.05, 3.63) is 17.7 Å². The quantitative estimate of drug-likeness (QED) is 0.883. The van der Waals surface area contributed by atoms with Gasteiger partial charge in [-0.1, -0.05) is 11.8 Å². The van der Waals surface area contributed by atoms with Crippen LogP contribution in [0.15, 0.2) is 11.9 Å². The molecule has 0 radical (unpaired) electrons. The first-order valence-electron chi connectivity index (χ1n) is 7.48. The summed E-state index contributed by atoms with van der Waals surface area (Å²) in [4.78, 5) is 27.4. The molecule has 126 valence electrons. The molecule has 23 heavy (non-hydrogen) atoms. The van der Waals surface area contributed by atoms with Gasteiger partial charge in [0, 0.05) is 18.7 Å². The number of hydrogen-bond acceptors (Lipinski definition) is 7. The second kappa shape index (κ2) is 7.27. The molecular weight excluding hydrogens is 316 g/mol. The van der Waals surface area contributed by atoms with Gasteiger partial charge >= 0.3 is 6.09 Å². The van der Waals surface area contributed by atoms with E-state index >= 15 is 0 Å². The maximum Gasteiger partial charge on any atom is 0.436 e. The molecule has 1 aromatic rings. The Morgan fingerprint density at radius 3 is 2.87 bits per heavy atom. The van der Waals surface area contributed by atoms with Gasteiger partial charge in [-0.2, -0.15) is 4.68 Å². The molecule has 0 amide bonds. The molecular formula is C15H22N4O3S. The summed E-state index contributed by atoms with van der Waals surface area (Å²) in [5, 5.41) is 7.63. The number of hydrogen-bond donors (Lipinski definition) is 1. The zero-order valence-electron chi connectivity index (χ0n) is 13.8. The molecule has 1 saturated heterocycles. The number of aromatic nitrogens is 3. The number of nitrogens with one attached hydrogen (secondary N) is 1. The molecule has 7 nitrogen and oxygen atoms in total. The number of carbonyl (C=O) groups is 2. The molecule has 1 aromatic heterocycles. The highest BCUT2D eigenvalue weighted by Crippen LogP contribution is 2.26. The van der Waals surface area contributed by atoms with E-state index < -0.39 is 11.7 Å². The fourth-order valence-corrected chi connectivity index (χ4v) is 3.09. The lowest BCUT2D eigenvalue weighted by Crippen LogP contribution is -2.32. The summed E-state index contributed by atoms with van der Waals surface area (Å²) >= 11 is 1.32. The highest BCUT2D eigenvalue weighted by Gasteiger charge is 2.22. The molecule has 2 heterocycles. The van der Waals surface area contributed by atoms with Crippen molar-refractivity contribution >= 4 is 29.0 Å². The van der Waals surface area contributed by atoms with Crippen LogP contribution in [0.4, 0.5) is 4.79 Å². The van der Waals surface area contributed by atoms with Crippen LogP contribution in [0.5, 0.6) is 0 Å². The topological polar surface area (TPSA) is 86.1 Å². The first-order chi connectivity index (χ1) is 10.7. The van der Waals surface area contributed by atoms with Crippen LogP contribution in [0.3, 0.4) is 0 Å². The fraction of sp³-hybridized carbons (Fsp3) is 0.600. The number of piperidine rings is 1. The molecule has 0 spiro atoms. The Morgan fingerprint density at radius 1 is 1.48 bits per heavy atom. The van der Waals surface area contributed by atoms with Crippen LogP contribution < -0.4 is 5.32 Å². The predicted molar refractivity (Wildman–Crippen MR) is 89.2 cm³/mol. The second-order valence-electron chi connectivity index (χ2n) is 6.31. The molecule has 0 saturated carbocycles. The predicted octanol–water partition coefficient (Wildman–Crippen LogP) is 2.09. The largest absolute Gasteiger partial charge is 0.442 e. The molecule has 1 aliphatic rings. The Labute approximate surface area is 139 Å². The highest BCUT2D eigenvalue weighted by atomic mass is 32.2. The number of thioether (sulfide) groups is 1. The Bertz CT molecular complexity index is 618. The Kier molecular flexibility index (Phi) is 5.59. The maximum absolute atomic E-state index is 11.9. The van der Waals surface area contributed by atoms with E-state index in [9.17, 15) is 9.59 Å². The van der Waals surface area contributed by atoms with Gasteiger partial charge in [-0.05, 0) is 45.4 Å². The molecule has 1 unspecified atom stereocenters. The van der Waals surface area contributed by atoms with Gasteiger partial charge in [-0.15, -0.1) is 5.10 Å². The van der Waals surface area contributed by atoms with E-state index in [0.29, 0.717) is 12.4 Å². The third-order valence-corrected chi connectivity index (χ3v) is 4.19. The summed E-state index contributed by atoms with van der Waals surface area (Å²) in [5.41, 5.74) is 0.469. The lowest BCUT2D eigenvalue weighted by molar-refractivity contribution is -0.109.